The number of nitrogens with one attached hydrogen (secondary N) is 1. The number of aromatic nitrogens is 2. The summed E-state index contributed by atoms with van der Waals surface area (Å²) in [4.78, 5) is 0. The molecule has 0 unspecified atom stereocenters. The van der Waals surface area contributed by atoms with E-state index >= 15 is 0 Å². The number of phenolic OH excluding ortho intramolecular Hbond substituents is 1. The van der Waals surface area contributed by atoms with E-state index in [-0.39, 0.29) is 18.2 Å². The van der Waals surface area contributed by atoms with Crippen LogP contribution in [0.4, 0.5) is 0 Å². The molecule has 1 heterocycles. The first-order valence-electron chi connectivity index (χ1n) is 6.32. The summed E-state index contributed by atoms with van der Waals surface area (Å²) in [5.74, 6) is 0.655. The molecule has 5 nitrogen and oxygen atoms in total. The van der Waals surface area contributed by atoms with Crippen molar-refractivity contribution < 1.29 is 9.84 Å². The fraction of sp³-hybridized carbons (Fsp3) is 0.357. The molecule has 0 atom stereocenters. The molecule has 110 valence electrons. The molecule has 0 saturated heterocycles. The Morgan fingerprint density at radius 2 is 2.10 bits per heavy atom. The van der Waals surface area contributed by atoms with E-state index in [2.05, 4.69) is 17.3 Å². The van der Waals surface area contributed by atoms with E-state index in [4.69, 9.17) is 4.74 Å². The van der Waals surface area contributed by atoms with Gasteiger partial charge in [-0.25, -0.2) is 0 Å². The van der Waals surface area contributed by atoms with Crippen molar-refractivity contribution in [3.8, 4) is 11.5 Å². The molecule has 0 fully saturated rings. The molecule has 0 amide bonds. The quantitative estimate of drug-likeness (QED) is 0.859. The zero-order chi connectivity index (χ0) is 13.7. The van der Waals surface area contributed by atoms with Crippen molar-refractivity contribution in [3.05, 3.63) is 41.7 Å². The van der Waals surface area contributed by atoms with Crippen LogP contribution in [0.2, 0.25) is 0 Å². The highest BCUT2D eigenvalue weighted by atomic mass is 35.5. The van der Waals surface area contributed by atoms with Crippen LogP contribution in [0.15, 0.2) is 30.5 Å². The standard InChI is InChI=1S/C14H19N3O2.ClH/c1-3-17-7-6-12(16-17)10-15-9-11-4-5-13(18)14(8-11)19-2;/h4-8,15,18H,3,9-10H2,1-2H3;1H. The summed E-state index contributed by atoms with van der Waals surface area (Å²) in [5.41, 5.74) is 2.08. The number of aromatic hydroxyl groups is 1. The third-order valence-electron chi connectivity index (χ3n) is 2.90. The van der Waals surface area contributed by atoms with Crippen molar-refractivity contribution >= 4 is 12.4 Å². The molecule has 2 rings (SSSR count). The zero-order valence-corrected chi connectivity index (χ0v) is 12.5. The number of phenols is 1. The number of benzene rings is 1. The Bertz CT molecular complexity index is 543. The lowest BCUT2D eigenvalue weighted by atomic mass is 10.2. The largest absolute Gasteiger partial charge is 0.504 e. The highest BCUT2D eigenvalue weighted by Crippen LogP contribution is 2.26. The number of nitrogens with zero attached hydrogens (tertiary/aromatic N) is 2. The van der Waals surface area contributed by atoms with E-state index in [9.17, 15) is 5.11 Å². The summed E-state index contributed by atoms with van der Waals surface area (Å²) >= 11 is 0. The van der Waals surface area contributed by atoms with Crippen LogP contribution < -0.4 is 10.1 Å². The van der Waals surface area contributed by atoms with Gasteiger partial charge in [-0.1, -0.05) is 6.07 Å². The second-order valence-electron chi connectivity index (χ2n) is 4.27. The zero-order valence-electron chi connectivity index (χ0n) is 11.7. The Kier molecular flexibility index (Phi) is 6.35. The minimum Gasteiger partial charge on any atom is -0.504 e. The van der Waals surface area contributed by atoms with E-state index in [1.807, 2.05) is 29.1 Å². The number of rotatable bonds is 6. The Labute approximate surface area is 125 Å². The molecule has 2 aromatic rings. The predicted octanol–water partition coefficient (Wildman–Crippen LogP) is 2.33. The molecule has 1 aromatic carbocycles. The van der Waals surface area contributed by atoms with E-state index < -0.39 is 0 Å². The average molecular weight is 298 g/mol. The molecule has 0 saturated carbocycles. The highest BCUT2D eigenvalue weighted by Gasteiger charge is 2.03. The van der Waals surface area contributed by atoms with Gasteiger partial charge in [-0.2, -0.15) is 5.10 Å². The third kappa shape index (κ3) is 4.15. The second kappa shape index (κ2) is 7.77. The number of halogens is 1. The van der Waals surface area contributed by atoms with Crippen LogP contribution in [0.1, 0.15) is 18.2 Å². The van der Waals surface area contributed by atoms with Crippen molar-refractivity contribution in [2.24, 2.45) is 0 Å². The molecule has 0 aliphatic carbocycles. The normalized spacial score (nSPS) is 10.1. The molecular weight excluding hydrogens is 278 g/mol. The Morgan fingerprint density at radius 1 is 1.30 bits per heavy atom. The van der Waals surface area contributed by atoms with Crippen molar-refractivity contribution in [3.63, 3.8) is 0 Å². The van der Waals surface area contributed by atoms with E-state index in [1.165, 1.54) is 0 Å². The van der Waals surface area contributed by atoms with Gasteiger partial charge in [0.2, 0.25) is 0 Å². The maximum Gasteiger partial charge on any atom is 0.160 e. The van der Waals surface area contributed by atoms with Crippen molar-refractivity contribution in [1.82, 2.24) is 15.1 Å². The summed E-state index contributed by atoms with van der Waals surface area (Å²) in [7, 11) is 1.55. The molecule has 20 heavy (non-hydrogen) atoms. The van der Waals surface area contributed by atoms with E-state index in [0.717, 1.165) is 24.3 Å². The lowest BCUT2D eigenvalue weighted by Crippen LogP contribution is -2.13. The lowest BCUT2D eigenvalue weighted by Gasteiger charge is -2.07. The van der Waals surface area contributed by atoms with Gasteiger partial charge in [0, 0.05) is 25.8 Å². The van der Waals surface area contributed by atoms with Crippen LogP contribution >= 0.6 is 12.4 Å². The Morgan fingerprint density at radius 3 is 2.75 bits per heavy atom. The van der Waals surface area contributed by atoms with Crippen molar-refractivity contribution in [2.75, 3.05) is 7.11 Å². The van der Waals surface area contributed by atoms with Gasteiger partial charge in [-0.05, 0) is 30.7 Å². The molecule has 0 spiro atoms. The highest BCUT2D eigenvalue weighted by molar-refractivity contribution is 5.85. The molecular formula is C14H20ClN3O2. The summed E-state index contributed by atoms with van der Waals surface area (Å²) < 4.78 is 6.98. The molecule has 6 heteroatoms. The van der Waals surface area contributed by atoms with Gasteiger partial charge in [-0.3, -0.25) is 4.68 Å². The summed E-state index contributed by atoms with van der Waals surface area (Å²) in [5, 5.41) is 17.2. The van der Waals surface area contributed by atoms with Crippen LogP contribution in [-0.2, 0) is 19.6 Å². The average Bonchev–Trinajstić information content (AvgIpc) is 2.88. The minimum absolute atomic E-state index is 0. The maximum atomic E-state index is 9.51. The fourth-order valence-electron chi connectivity index (χ4n) is 1.84. The van der Waals surface area contributed by atoms with Gasteiger partial charge in [0.25, 0.3) is 0 Å². The number of ether oxygens (including phenoxy) is 1. The second-order valence-corrected chi connectivity index (χ2v) is 4.27. The number of methoxy groups -OCH3 is 1. The van der Waals surface area contributed by atoms with Gasteiger partial charge in [0.15, 0.2) is 11.5 Å². The van der Waals surface area contributed by atoms with E-state index in [0.29, 0.717) is 12.3 Å². The summed E-state index contributed by atoms with van der Waals surface area (Å²) in [6.45, 7) is 4.37. The van der Waals surface area contributed by atoms with Gasteiger partial charge in [0.05, 0.1) is 12.8 Å². The summed E-state index contributed by atoms with van der Waals surface area (Å²) in [6, 6.07) is 7.35. The lowest BCUT2D eigenvalue weighted by molar-refractivity contribution is 0.372. The number of aryl methyl sites for hydroxylation is 1. The molecule has 0 aliphatic heterocycles. The van der Waals surface area contributed by atoms with Gasteiger partial charge < -0.3 is 15.2 Å². The smallest absolute Gasteiger partial charge is 0.160 e. The SMILES string of the molecule is CCn1ccc(CNCc2ccc(O)c(OC)c2)n1.Cl. The van der Waals surface area contributed by atoms with Crippen molar-refractivity contribution in [2.45, 2.75) is 26.6 Å². The molecule has 0 bridgehead atoms. The third-order valence-corrected chi connectivity index (χ3v) is 2.90. The van der Waals surface area contributed by atoms with Gasteiger partial charge in [0.1, 0.15) is 0 Å². The Hall–Kier alpha value is -1.72. The fourth-order valence-corrected chi connectivity index (χ4v) is 1.84. The monoisotopic (exact) mass is 297 g/mol. The molecule has 0 aliphatic rings. The topological polar surface area (TPSA) is 59.3 Å². The first kappa shape index (κ1) is 16.3. The van der Waals surface area contributed by atoms with Gasteiger partial charge >= 0.3 is 0 Å². The molecule has 2 N–H and O–H groups in total. The van der Waals surface area contributed by atoms with Gasteiger partial charge in [-0.15, -0.1) is 12.4 Å². The number of hydrogen-bond acceptors (Lipinski definition) is 4. The number of hydrogen-bond donors (Lipinski definition) is 2. The van der Waals surface area contributed by atoms with Crippen LogP contribution in [0, 0.1) is 0 Å². The first-order valence-corrected chi connectivity index (χ1v) is 6.32. The van der Waals surface area contributed by atoms with Crippen LogP contribution in [0.5, 0.6) is 11.5 Å². The molecule has 1 aromatic heterocycles. The van der Waals surface area contributed by atoms with E-state index in [1.54, 1.807) is 13.2 Å². The maximum absolute atomic E-state index is 9.51. The predicted molar refractivity (Wildman–Crippen MR) is 80.4 cm³/mol. The van der Waals surface area contributed by atoms with Crippen LogP contribution in [-0.4, -0.2) is 22.0 Å². The van der Waals surface area contributed by atoms with Crippen molar-refractivity contribution in [1.29, 1.82) is 0 Å². The van der Waals surface area contributed by atoms with Crippen LogP contribution in [0.25, 0.3) is 0 Å². The Balaban J connectivity index is 0.00000200. The summed E-state index contributed by atoms with van der Waals surface area (Å²) in [6.07, 6.45) is 1.97. The van der Waals surface area contributed by atoms with Crippen LogP contribution in [0.3, 0.4) is 0 Å². The minimum atomic E-state index is 0. The first-order chi connectivity index (χ1) is 9.22. The molecule has 0 radical (unpaired) electrons.